The van der Waals surface area contributed by atoms with Gasteiger partial charge in [0.25, 0.3) is 0 Å². The number of rotatable bonds is 6. The summed E-state index contributed by atoms with van der Waals surface area (Å²) in [5.74, 6) is -0.658. The van der Waals surface area contributed by atoms with Crippen molar-refractivity contribution in [1.82, 2.24) is 5.32 Å². The van der Waals surface area contributed by atoms with Crippen molar-refractivity contribution in [3.63, 3.8) is 0 Å². The molecular weight excluding hydrogens is 398 g/mol. The molecular formula is C23H23N3O3S. The first-order chi connectivity index (χ1) is 14.7. The van der Waals surface area contributed by atoms with E-state index in [2.05, 4.69) is 33.7 Å². The van der Waals surface area contributed by atoms with Crippen molar-refractivity contribution in [2.24, 2.45) is 0 Å². The van der Waals surface area contributed by atoms with Gasteiger partial charge in [0.2, 0.25) is 0 Å². The summed E-state index contributed by atoms with van der Waals surface area (Å²) in [6, 6.07) is 19.2. The molecule has 1 aliphatic rings. The van der Waals surface area contributed by atoms with Crippen LogP contribution in [0.3, 0.4) is 0 Å². The minimum atomic E-state index is -0.688. The molecule has 6 nitrogen and oxygen atoms in total. The second-order valence-electron chi connectivity index (χ2n) is 7.00. The Labute approximate surface area is 179 Å². The van der Waals surface area contributed by atoms with Crippen LogP contribution in [0.15, 0.2) is 66.0 Å². The molecule has 0 bridgehead atoms. The molecule has 2 heterocycles. The summed E-state index contributed by atoms with van der Waals surface area (Å²) in [6.07, 6.45) is 0.976. The molecule has 154 valence electrons. The lowest BCUT2D eigenvalue weighted by molar-refractivity contribution is -0.136. The van der Waals surface area contributed by atoms with E-state index >= 15 is 0 Å². The number of hydrogen-bond donors (Lipinski definition) is 2. The quantitative estimate of drug-likeness (QED) is 0.597. The van der Waals surface area contributed by atoms with Crippen LogP contribution in [0, 0.1) is 0 Å². The van der Waals surface area contributed by atoms with E-state index in [1.807, 2.05) is 23.6 Å². The molecule has 0 saturated heterocycles. The summed E-state index contributed by atoms with van der Waals surface area (Å²) in [5.41, 5.74) is 3.04. The second kappa shape index (κ2) is 9.00. The molecule has 7 heteroatoms. The SMILES string of the molecule is COc1ccc(NC(=O)C(=O)NCC(c2cccs2)N2CCc3ccccc32)cc1. The molecule has 0 aliphatic carbocycles. The Morgan fingerprint density at radius 1 is 1.07 bits per heavy atom. The standard InChI is InChI=1S/C23H23N3O3S/c1-29-18-10-8-17(9-11-18)25-23(28)22(27)24-15-20(21-7-4-14-30-21)26-13-12-16-5-2-3-6-19(16)26/h2-11,14,20H,12-13,15H2,1H3,(H,24,27)(H,25,28). The zero-order valence-electron chi connectivity index (χ0n) is 16.6. The molecule has 30 heavy (non-hydrogen) atoms. The summed E-state index contributed by atoms with van der Waals surface area (Å²) >= 11 is 1.65. The summed E-state index contributed by atoms with van der Waals surface area (Å²) in [4.78, 5) is 28.2. The predicted molar refractivity (Wildman–Crippen MR) is 119 cm³/mol. The number of carbonyl (C=O) groups excluding carboxylic acids is 2. The molecule has 2 N–H and O–H groups in total. The van der Waals surface area contributed by atoms with E-state index in [4.69, 9.17) is 4.74 Å². The van der Waals surface area contributed by atoms with Crippen LogP contribution >= 0.6 is 11.3 Å². The molecule has 1 aliphatic heterocycles. The van der Waals surface area contributed by atoms with Crippen LogP contribution in [0.2, 0.25) is 0 Å². The second-order valence-corrected chi connectivity index (χ2v) is 7.98. The fourth-order valence-corrected chi connectivity index (χ4v) is 4.50. The normalized spacial score (nSPS) is 13.4. The Morgan fingerprint density at radius 2 is 1.87 bits per heavy atom. The van der Waals surface area contributed by atoms with Gasteiger partial charge in [-0.05, 0) is 53.8 Å². The van der Waals surface area contributed by atoms with Gasteiger partial charge < -0.3 is 20.3 Å². The van der Waals surface area contributed by atoms with Gasteiger partial charge >= 0.3 is 11.8 Å². The first-order valence-electron chi connectivity index (χ1n) is 9.77. The van der Waals surface area contributed by atoms with Crippen molar-refractivity contribution in [3.8, 4) is 5.75 Å². The summed E-state index contributed by atoms with van der Waals surface area (Å²) in [7, 11) is 1.57. The average molecular weight is 422 g/mol. The lowest BCUT2D eigenvalue weighted by Crippen LogP contribution is -2.41. The van der Waals surface area contributed by atoms with Gasteiger partial charge in [0, 0.05) is 29.3 Å². The van der Waals surface area contributed by atoms with Crippen LogP contribution in [-0.4, -0.2) is 32.0 Å². The van der Waals surface area contributed by atoms with Crippen molar-refractivity contribution in [2.45, 2.75) is 12.5 Å². The predicted octanol–water partition coefficient (Wildman–Crippen LogP) is 3.62. The van der Waals surface area contributed by atoms with Gasteiger partial charge in [-0.2, -0.15) is 0 Å². The van der Waals surface area contributed by atoms with Crippen molar-refractivity contribution < 1.29 is 14.3 Å². The van der Waals surface area contributed by atoms with Gasteiger partial charge in [-0.1, -0.05) is 24.3 Å². The number of methoxy groups -OCH3 is 1. The Kier molecular flexibility index (Phi) is 5.99. The third-order valence-corrected chi connectivity index (χ3v) is 6.15. The number of amides is 2. The zero-order valence-corrected chi connectivity index (χ0v) is 17.4. The number of carbonyl (C=O) groups is 2. The average Bonchev–Trinajstić information content (AvgIpc) is 3.45. The highest BCUT2D eigenvalue weighted by molar-refractivity contribution is 7.10. The largest absolute Gasteiger partial charge is 0.497 e. The maximum atomic E-state index is 12.4. The molecule has 1 aromatic heterocycles. The molecule has 3 aromatic rings. The molecule has 1 unspecified atom stereocenters. The van der Waals surface area contributed by atoms with Gasteiger partial charge in [-0.25, -0.2) is 0 Å². The van der Waals surface area contributed by atoms with Crippen LogP contribution < -0.4 is 20.3 Å². The fraction of sp³-hybridized carbons (Fsp3) is 0.217. The topological polar surface area (TPSA) is 70.7 Å². The Bertz CT molecular complexity index is 1020. The van der Waals surface area contributed by atoms with Gasteiger partial charge in [-0.15, -0.1) is 11.3 Å². The van der Waals surface area contributed by atoms with E-state index in [1.54, 1.807) is 42.7 Å². The van der Waals surface area contributed by atoms with Crippen molar-refractivity contribution in [1.29, 1.82) is 0 Å². The summed E-state index contributed by atoms with van der Waals surface area (Å²) in [5, 5.41) is 7.46. The van der Waals surface area contributed by atoms with Crippen molar-refractivity contribution in [3.05, 3.63) is 76.5 Å². The van der Waals surface area contributed by atoms with E-state index < -0.39 is 11.8 Å². The highest BCUT2D eigenvalue weighted by atomic mass is 32.1. The smallest absolute Gasteiger partial charge is 0.313 e. The number of benzene rings is 2. The van der Waals surface area contributed by atoms with Crippen LogP contribution in [0.4, 0.5) is 11.4 Å². The molecule has 0 radical (unpaired) electrons. The molecule has 0 spiro atoms. The van der Waals surface area contributed by atoms with Gasteiger partial charge in [0.15, 0.2) is 0 Å². The number of thiophene rings is 1. The van der Waals surface area contributed by atoms with Crippen molar-refractivity contribution >= 4 is 34.5 Å². The maximum absolute atomic E-state index is 12.4. The van der Waals surface area contributed by atoms with E-state index in [9.17, 15) is 9.59 Å². The number of hydrogen-bond acceptors (Lipinski definition) is 5. The number of ether oxygens (including phenoxy) is 1. The van der Waals surface area contributed by atoms with E-state index in [0.29, 0.717) is 18.0 Å². The number of para-hydroxylation sites is 1. The molecule has 0 saturated carbocycles. The van der Waals surface area contributed by atoms with Gasteiger partial charge in [-0.3, -0.25) is 9.59 Å². The maximum Gasteiger partial charge on any atom is 0.313 e. The number of nitrogens with zero attached hydrogens (tertiary/aromatic N) is 1. The van der Waals surface area contributed by atoms with Gasteiger partial charge in [0.1, 0.15) is 5.75 Å². The Morgan fingerprint density at radius 3 is 2.60 bits per heavy atom. The van der Waals surface area contributed by atoms with Crippen LogP contribution in [0.5, 0.6) is 5.75 Å². The Balaban J connectivity index is 1.42. The minimum Gasteiger partial charge on any atom is -0.497 e. The third kappa shape index (κ3) is 4.31. The lowest BCUT2D eigenvalue weighted by Gasteiger charge is -2.30. The van der Waals surface area contributed by atoms with Crippen LogP contribution in [0.25, 0.3) is 0 Å². The van der Waals surface area contributed by atoms with E-state index in [1.165, 1.54) is 11.3 Å². The highest BCUT2D eigenvalue weighted by Gasteiger charge is 2.28. The highest BCUT2D eigenvalue weighted by Crippen LogP contribution is 2.36. The first kappa shape index (κ1) is 20.0. The number of nitrogens with one attached hydrogen (secondary N) is 2. The fourth-order valence-electron chi connectivity index (χ4n) is 3.66. The van der Waals surface area contributed by atoms with Crippen LogP contribution in [-0.2, 0) is 16.0 Å². The number of anilines is 2. The van der Waals surface area contributed by atoms with Crippen molar-refractivity contribution in [2.75, 3.05) is 30.4 Å². The minimum absolute atomic E-state index is 0.0219. The van der Waals surface area contributed by atoms with E-state index in [0.717, 1.165) is 17.8 Å². The third-order valence-electron chi connectivity index (χ3n) is 5.18. The zero-order chi connectivity index (χ0) is 20.9. The molecule has 2 aromatic carbocycles. The monoisotopic (exact) mass is 421 g/mol. The first-order valence-corrected chi connectivity index (χ1v) is 10.6. The molecule has 4 rings (SSSR count). The summed E-state index contributed by atoms with van der Waals surface area (Å²) < 4.78 is 5.10. The van der Waals surface area contributed by atoms with E-state index in [-0.39, 0.29) is 6.04 Å². The molecule has 2 amide bonds. The Hall–Kier alpha value is -3.32. The van der Waals surface area contributed by atoms with Crippen LogP contribution in [0.1, 0.15) is 16.5 Å². The summed E-state index contributed by atoms with van der Waals surface area (Å²) in [6.45, 7) is 1.24. The van der Waals surface area contributed by atoms with Gasteiger partial charge in [0.05, 0.1) is 13.2 Å². The number of fused-ring (bicyclic) bond motifs is 1. The lowest BCUT2D eigenvalue weighted by atomic mass is 10.1. The molecule has 1 atom stereocenters. The molecule has 0 fully saturated rings.